The molecular weight excluding hydrogens is 194 g/mol. The lowest BCUT2D eigenvalue weighted by Gasteiger charge is -2.25. The summed E-state index contributed by atoms with van der Waals surface area (Å²) in [5.41, 5.74) is 0. The van der Waals surface area contributed by atoms with Crippen LogP contribution in [0.15, 0.2) is 0 Å². The Morgan fingerprint density at radius 2 is 2.00 bits per heavy atom. The smallest absolute Gasteiger partial charge is 0.309 e. The fourth-order valence-corrected chi connectivity index (χ4v) is 1.67. The molecule has 0 aromatic carbocycles. The number of carboxylic acids is 1. The monoisotopic (exact) mass is 208 g/mol. The molecule has 0 aromatic rings. The molecule has 1 aliphatic rings. The van der Waals surface area contributed by atoms with E-state index in [4.69, 9.17) is 9.84 Å². The maximum Gasteiger partial charge on any atom is 0.309 e. The fourth-order valence-electron chi connectivity index (χ4n) is 1.67. The fraction of sp³-hybridized carbons (Fsp3) is 0.889. The third-order valence-corrected chi connectivity index (χ3v) is 2.34. The van der Waals surface area contributed by atoms with Gasteiger partial charge in [0.05, 0.1) is 0 Å². The zero-order valence-electron chi connectivity index (χ0n) is 7.84. The van der Waals surface area contributed by atoms with E-state index in [9.17, 15) is 13.6 Å². The van der Waals surface area contributed by atoms with Crippen molar-refractivity contribution in [2.24, 2.45) is 5.92 Å². The number of carboxylic acid groups (broad SMARTS) is 1. The lowest BCUT2D eigenvalue weighted by molar-refractivity contribution is -0.146. The van der Waals surface area contributed by atoms with Crippen LogP contribution in [0, 0.1) is 5.92 Å². The maximum atomic E-state index is 13.0. The molecule has 0 atom stereocenters. The van der Waals surface area contributed by atoms with E-state index in [-0.39, 0.29) is 12.3 Å². The molecule has 0 radical (unpaired) electrons. The average molecular weight is 208 g/mol. The van der Waals surface area contributed by atoms with Crippen molar-refractivity contribution in [2.75, 3.05) is 13.2 Å². The van der Waals surface area contributed by atoms with E-state index in [0.29, 0.717) is 26.1 Å². The zero-order valence-corrected chi connectivity index (χ0v) is 7.84. The van der Waals surface area contributed by atoms with Crippen LogP contribution < -0.4 is 0 Å². The summed E-state index contributed by atoms with van der Waals surface area (Å²) in [6.07, 6.45) is -0.183. The molecule has 5 heteroatoms. The van der Waals surface area contributed by atoms with Crippen molar-refractivity contribution >= 4 is 5.97 Å². The van der Waals surface area contributed by atoms with Crippen LogP contribution in [-0.2, 0) is 9.53 Å². The van der Waals surface area contributed by atoms with Crippen molar-refractivity contribution in [3.63, 3.8) is 0 Å². The Kier molecular flexibility index (Phi) is 3.80. The van der Waals surface area contributed by atoms with Gasteiger partial charge in [-0.3, -0.25) is 4.79 Å². The normalized spacial score (nSPS) is 19.6. The van der Waals surface area contributed by atoms with Gasteiger partial charge >= 0.3 is 5.97 Å². The zero-order chi connectivity index (χ0) is 10.6. The van der Waals surface area contributed by atoms with Gasteiger partial charge in [0.25, 0.3) is 5.92 Å². The highest BCUT2D eigenvalue weighted by molar-refractivity contribution is 5.67. The van der Waals surface area contributed by atoms with Gasteiger partial charge in [-0.15, -0.1) is 0 Å². The lowest BCUT2D eigenvalue weighted by Crippen LogP contribution is -2.27. The predicted octanol–water partition coefficient (Wildman–Crippen LogP) is 1.91. The van der Waals surface area contributed by atoms with Gasteiger partial charge in [-0.05, 0) is 18.8 Å². The van der Waals surface area contributed by atoms with Crippen molar-refractivity contribution in [3.05, 3.63) is 0 Å². The summed E-state index contributed by atoms with van der Waals surface area (Å²) >= 11 is 0. The van der Waals surface area contributed by atoms with Crippen LogP contribution in [0.5, 0.6) is 0 Å². The van der Waals surface area contributed by atoms with E-state index in [1.165, 1.54) is 0 Å². The first-order chi connectivity index (χ1) is 6.49. The Labute approximate surface area is 81.1 Å². The highest BCUT2D eigenvalue weighted by Crippen LogP contribution is 2.31. The molecule has 1 fully saturated rings. The van der Waals surface area contributed by atoms with E-state index in [1.807, 2.05) is 0 Å². The number of hydrogen-bond acceptors (Lipinski definition) is 2. The van der Waals surface area contributed by atoms with E-state index in [1.54, 1.807) is 0 Å². The van der Waals surface area contributed by atoms with E-state index < -0.39 is 18.3 Å². The van der Waals surface area contributed by atoms with Crippen molar-refractivity contribution < 1.29 is 23.4 Å². The Morgan fingerprint density at radius 1 is 1.43 bits per heavy atom. The van der Waals surface area contributed by atoms with Gasteiger partial charge in [-0.25, -0.2) is 8.78 Å². The van der Waals surface area contributed by atoms with Gasteiger partial charge in [0, 0.05) is 19.6 Å². The first kappa shape index (κ1) is 11.4. The molecular formula is C9H14F2O3. The minimum atomic E-state index is -3.08. The van der Waals surface area contributed by atoms with Crippen molar-refractivity contribution in [3.8, 4) is 0 Å². The first-order valence-corrected chi connectivity index (χ1v) is 4.67. The number of hydrogen-bond donors (Lipinski definition) is 1. The highest BCUT2D eigenvalue weighted by atomic mass is 19.3. The Balaban J connectivity index is 2.36. The topological polar surface area (TPSA) is 46.5 Å². The van der Waals surface area contributed by atoms with Crippen LogP contribution in [0.2, 0.25) is 0 Å². The van der Waals surface area contributed by atoms with Gasteiger partial charge < -0.3 is 9.84 Å². The Bertz CT molecular complexity index is 200. The van der Waals surface area contributed by atoms with Crippen molar-refractivity contribution in [2.45, 2.75) is 31.6 Å². The minimum absolute atomic E-state index is 0.0990. The number of alkyl halides is 2. The molecule has 0 spiro atoms. The van der Waals surface area contributed by atoms with E-state index in [2.05, 4.69) is 0 Å². The number of ether oxygens (including phenoxy) is 1. The van der Waals surface area contributed by atoms with Gasteiger partial charge in [0.1, 0.15) is 6.42 Å². The third-order valence-electron chi connectivity index (χ3n) is 2.34. The number of carbonyl (C=O) groups is 1. The summed E-state index contributed by atoms with van der Waals surface area (Å²) < 4.78 is 31.1. The molecule has 1 N–H and O–H groups in total. The largest absolute Gasteiger partial charge is 0.481 e. The van der Waals surface area contributed by atoms with E-state index >= 15 is 0 Å². The molecule has 1 saturated heterocycles. The third kappa shape index (κ3) is 4.00. The second-order valence-corrected chi connectivity index (χ2v) is 3.69. The van der Waals surface area contributed by atoms with Crippen LogP contribution in [-0.4, -0.2) is 30.2 Å². The van der Waals surface area contributed by atoms with Gasteiger partial charge in [-0.2, -0.15) is 0 Å². The van der Waals surface area contributed by atoms with Crippen molar-refractivity contribution in [1.82, 2.24) is 0 Å². The minimum Gasteiger partial charge on any atom is -0.481 e. The second kappa shape index (κ2) is 4.68. The summed E-state index contributed by atoms with van der Waals surface area (Å²) in [5, 5.41) is 8.27. The SMILES string of the molecule is O=C(O)CC(F)(F)CC1CCOCC1. The van der Waals surface area contributed by atoms with Crippen LogP contribution in [0.3, 0.4) is 0 Å². The summed E-state index contributed by atoms with van der Waals surface area (Å²) in [7, 11) is 0. The van der Waals surface area contributed by atoms with Crippen LogP contribution in [0.4, 0.5) is 8.78 Å². The number of halogens is 2. The maximum absolute atomic E-state index is 13.0. The Hall–Kier alpha value is -0.710. The molecule has 0 aromatic heterocycles. The Morgan fingerprint density at radius 3 is 2.50 bits per heavy atom. The lowest BCUT2D eigenvalue weighted by atomic mass is 9.92. The van der Waals surface area contributed by atoms with Crippen LogP contribution in [0.25, 0.3) is 0 Å². The standard InChI is InChI=1S/C9H14F2O3/c10-9(11,6-8(12)13)5-7-1-3-14-4-2-7/h7H,1-6H2,(H,12,13). The molecule has 0 bridgehead atoms. The molecule has 14 heavy (non-hydrogen) atoms. The molecule has 0 saturated carbocycles. The summed E-state index contributed by atoms with van der Waals surface area (Å²) in [4.78, 5) is 10.2. The van der Waals surface area contributed by atoms with Gasteiger partial charge in [-0.1, -0.05) is 0 Å². The number of rotatable bonds is 4. The predicted molar refractivity (Wildman–Crippen MR) is 45.4 cm³/mol. The molecule has 0 amide bonds. The molecule has 82 valence electrons. The molecule has 1 rings (SSSR count). The summed E-state index contributed by atoms with van der Waals surface area (Å²) in [6, 6.07) is 0. The summed E-state index contributed by atoms with van der Waals surface area (Å²) in [6.45, 7) is 1.02. The van der Waals surface area contributed by atoms with Gasteiger partial charge in [0.15, 0.2) is 0 Å². The van der Waals surface area contributed by atoms with Gasteiger partial charge in [0.2, 0.25) is 0 Å². The molecule has 0 aliphatic carbocycles. The summed E-state index contributed by atoms with van der Waals surface area (Å²) in [5.74, 6) is -4.62. The van der Waals surface area contributed by atoms with Crippen LogP contribution >= 0.6 is 0 Å². The molecule has 1 aliphatic heterocycles. The highest BCUT2D eigenvalue weighted by Gasteiger charge is 2.35. The van der Waals surface area contributed by atoms with E-state index in [0.717, 1.165) is 0 Å². The second-order valence-electron chi connectivity index (χ2n) is 3.69. The quantitative estimate of drug-likeness (QED) is 0.767. The molecule has 1 heterocycles. The van der Waals surface area contributed by atoms with Crippen molar-refractivity contribution in [1.29, 1.82) is 0 Å². The number of aliphatic carboxylic acids is 1. The molecule has 3 nitrogen and oxygen atoms in total. The average Bonchev–Trinajstić information content (AvgIpc) is 2.02. The first-order valence-electron chi connectivity index (χ1n) is 4.67. The van der Waals surface area contributed by atoms with Crippen LogP contribution in [0.1, 0.15) is 25.7 Å². The molecule has 0 unspecified atom stereocenters.